The molecule has 6 nitrogen and oxygen atoms in total. The zero-order chi connectivity index (χ0) is 22.6. The predicted octanol–water partition coefficient (Wildman–Crippen LogP) is 3.48. The van der Waals surface area contributed by atoms with Crippen LogP contribution in [0.25, 0.3) is 0 Å². The van der Waals surface area contributed by atoms with Gasteiger partial charge in [-0.25, -0.2) is 0 Å². The van der Waals surface area contributed by atoms with Crippen LogP contribution in [-0.4, -0.2) is 63.1 Å². The third-order valence-corrected chi connectivity index (χ3v) is 5.71. The second kappa shape index (κ2) is 13.1. The van der Waals surface area contributed by atoms with Gasteiger partial charge in [-0.3, -0.25) is 9.89 Å². The minimum atomic E-state index is 0.718. The van der Waals surface area contributed by atoms with Crippen molar-refractivity contribution in [2.75, 3.05) is 47.4 Å². The molecule has 174 valence electrons. The van der Waals surface area contributed by atoms with Gasteiger partial charge in [0.25, 0.3) is 0 Å². The number of aliphatic imine (C=N–C) groups is 1. The number of benzene rings is 2. The van der Waals surface area contributed by atoms with E-state index in [2.05, 4.69) is 75.9 Å². The van der Waals surface area contributed by atoms with Crippen LogP contribution in [0.4, 0.5) is 0 Å². The van der Waals surface area contributed by atoms with Gasteiger partial charge in [0.1, 0.15) is 5.75 Å². The first-order chi connectivity index (χ1) is 15.6. The van der Waals surface area contributed by atoms with Crippen molar-refractivity contribution in [3.63, 3.8) is 0 Å². The molecule has 1 aliphatic heterocycles. The maximum absolute atomic E-state index is 5.81. The van der Waals surface area contributed by atoms with Gasteiger partial charge in [0.05, 0.1) is 6.61 Å². The number of hydrogen-bond acceptors (Lipinski definition) is 4. The summed E-state index contributed by atoms with van der Waals surface area (Å²) in [5.74, 6) is 1.72. The number of nitrogens with zero attached hydrogens (tertiary/aromatic N) is 3. The molecule has 0 saturated carbocycles. The van der Waals surface area contributed by atoms with Crippen molar-refractivity contribution in [2.24, 2.45) is 4.99 Å². The highest BCUT2D eigenvalue weighted by molar-refractivity contribution is 5.79. The van der Waals surface area contributed by atoms with E-state index in [1.807, 2.05) is 12.1 Å². The molecular weight excluding hydrogens is 398 g/mol. The second-order valence-electron chi connectivity index (χ2n) is 8.73. The van der Waals surface area contributed by atoms with E-state index in [0.717, 1.165) is 50.9 Å². The highest BCUT2D eigenvalue weighted by Crippen LogP contribution is 2.14. The Bertz CT molecular complexity index is 811. The molecule has 0 radical (unpaired) electrons. The van der Waals surface area contributed by atoms with Crippen LogP contribution >= 0.6 is 0 Å². The molecule has 2 aromatic rings. The lowest BCUT2D eigenvalue weighted by molar-refractivity contribution is 0.281. The van der Waals surface area contributed by atoms with Crippen LogP contribution in [0.5, 0.6) is 5.75 Å². The van der Waals surface area contributed by atoms with Gasteiger partial charge in [-0.15, -0.1) is 0 Å². The summed E-state index contributed by atoms with van der Waals surface area (Å²) < 4.78 is 5.81. The fraction of sp³-hybridized carbons (Fsp3) is 0.500. The monoisotopic (exact) mass is 437 g/mol. The Morgan fingerprint density at radius 2 is 1.47 bits per heavy atom. The van der Waals surface area contributed by atoms with E-state index in [9.17, 15) is 0 Å². The van der Waals surface area contributed by atoms with Crippen LogP contribution in [0.1, 0.15) is 36.0 Å². The molecule has 2 aromatic carbocycles. The summed E-state index contributed by atoms with van der Waals surface area (Å²) in [5, 5.41) is 6.79. The van der Waals surface area contributed by atoms with Crippen molar-refractivity contribution in [2.45, 2.75) is 38.9 Å². The SMILES string of the molecule is CN=C(NCc1ccc(CN2CCCC2)cc1)NCc1ccc(OCCCN(C)C)cc1. The maximum atomic E-state index is 5.81. The topological polar surface area (TPSA) is 52.1 Å². The molecule has 3 rings (SSSR count). The lowest BCUT2D eigenvalue weighted by atomic mass is 10.1. The summed E-state index contributed by atoms with van der Waals surface area (Å²) >= 11 is 0. The fourth-order valence-corrected chi connectivity index (χ4v) is 3.83. The number of guanidine groups is 1. The number of hydrogen-bond donors (Lipinski definition) is 2. The number of likely N-dealkylation sites (tertiary alicyclic amines) is 1. The summed E-state index contributed by atoms with van der Waals surface area (Å²) in [7, 11) is 5.96. The third-order valence-electron chi connectivity index (χ3n) is 5.71. The molecule has 32 heavy (non-hydrogen) atoms. The molecule has 0 spiro atoms. The Morgan fingerprint density at radius 1 is 0.906 bits per heavy atom. The van der Waals surface area contributed by atoms with Crippen LogP contribution in [0.3, 0.4) is 0 Å². The summed E-state index contributed by atoms with van der Waals surface area (Å²) in [6.45, 7) is 6.79. The quantitative estimate of drug-likeness (QED) is 0.320. The van der Waals surface area contributed by atoms with Crippen molar-refractivity contribution in [3.8, 4) is 5.75 Å². The largest absolute Gasteiger partial charge is 0.494 e. The summed E-state index contributed by atoms with van der Waals surface area (Å²) in [5.41, 5.74) is 3.84. The van der Waals surface area contributed by atoms with E-state index in [1.54, 1.807) is 7.05 Å². The number of rotatable bonds is 11. The first kappa shape index (κ1) is 24.1. The molecule has 2 N–H and O–H groups in total. The first-order valence-corrected chi connectivity index (χ1v) is 11.7. The van der Waals surface area contributed by atoms with Gasteiger partial charge >= 0.3 is 0 Å². The van der Waals surface area contributed by atoms with Crippen LogP contribution < -0.4 is 15.4 Å². The van der Waals surface area contributed by atoms with Crippen molar-refractivity contribution >= 4 is 5.96 Å². The molecule has 1 fully saturated rings. The highest BCUT2D eigenvalue weighted by Gasteiger charge is 2.11. The zero-order valence-corrected chi connectivity index (χ0v) is 19.9. The minimum Gasteiger partial charge on any atom is -0.494 e. The molecule has 0 amide bonds. The van der Waals surface area contributed by atoms with Crippen LogP contribution in [0.15, 0.2) is 53.5 Å². The molecule has 0 bridgehead atoms. The average Bonchev–Trinajstić information content (AvgIpc) is 3.32. The van der Waals surface area contributed by atoms with Gasteiger partial charge in [0, 0.05) is 33.2 Å². The first-order valence-electron chi connectivity index (χ1n) is 11.7. The van der Waals surface area contributed by atoms with Gasteiger partial charge in [-0.2, -0.15) is 0 Å². The number of nitrogens with one attached hydrogen (secondary N) is 2. The van der Waals surface area contributed by atoms with Crippen molar-refractivity contribution in [3.05, 3.63) is 65.2 Å². The molecule has 0 unspecified atom stereocenters. The Balaban J connectivity index is 1.37. The molecule has 1 aliphatic rings. The smallest absolute Gasteiger partial charge is 0.191 e. The zero-order valence-electron chi connectivity index (χ0n) is 19.9. The molecule has 6 heteroatoms. The van der Waals surface area contributed by atoms with Crippen LogP contribution in [0, 0.1) is 0 Å². The minimum absolute atomic E-state index is 0.718. The maximum Gasteiger partial charge on any atom is 0.191 e. The van der Waals surface area contributed by atoms with Crippen molar-refractivity contribution in [1.29, 1.82) is 0 Å². The summed E-state index contributed by atoms with van der Waals surface area (Å²) in [4.78, 5) is 9.05. The van der Waals surface area contributed by atoms with Gasteiger partial charge < -0.3 is 20.3 Å². The van der Waals surface area contributed by atoms with Gasteiger partial charge in [0.2, 0.25) is 0 Å². The lowest BCUT2D eigenvalue weighted by Crippen LogP contribution is -2.36. The molecular formula is C26H39N5O. The van der Waals surface area contributed by atoms with E-state index in [0.29, 0.717) is 0 Å². The van der Waals surface area contributed by atoms with Gasteiger partial charge in [-0.1, -0.05) is 36.4 Å². The lowest BCUT2D eigenvalue weighted by Gasteiger charge is -2.15. The van der Waals surface area contributed by atoms with E-state index < -0.39 is 0 Å². The Hall–Kier alpha value is -2.57. The Morgan fingerprint density at radius 3 is 2.03 bits per heavy atom. The Kier molecular flexibility index (Phi) is 9.85. The predicted molar refractivity (Wildman–Crippen MR) is 133 cm³/mol. The van der Waals surface area contributed by atoms with Crippen LogP contribution in [0.2, 0.25) is 0 Å². The molecule has 0 atom stereocenters. The second-order valence-corrected chi connectivity index (χ2v) is 8.73. The molecule has 0 aliphatic carbocycles. The van der Waals surface area contributed by atoms with E-state index >= 15 is 0 Å². The van der Waals surface area contributed by atoms with Gasteiger partial charge in [-0.05, 0) is 75.3 Å². The fourth-order valence-electron chi connectivity index (χ4n) is 3.83. The molecule has 1 heterocycles. The normalized spacial score (nSPS) is 14.7. The van der Waals surface area contributed by atoms with E-state index in [-0.39, 0.29) is 0 Å². The number of ether oxygens (including phenoxy) is 1. The third kappa shape index (κ3) is 8.52. The van der Waals surface area contributed by atoms with Crippen molar-refractivity contribution in [1.82, 2.24) is 20.4 Å². The van der Waals surface area contributed by atoms with Crippen LogP contribution in [-0.2, 0) is 19.6 Å². The Labute approximate surface area is 193 Å². The molecule has 0 aromatic heterocycles. The highest BCUT2D eigenvalue weighted by atomic mass is 16.5. The summed E-state index contributed by atoms with van der Waals surface area (Å²) in [6.07, 6.45) is 3.70. The van der Waals surface area contributed by atoms with Gasteiger partial charge in [0.15, 0.2) is 5.96 Å². The van der Waals surface area contributed by atoms with E-state index in [1.165, 1.54) is 42.6 Å². The molecule has 1 saturated heterocycles. The van der Waals surface area contributed by atoms with Crippen molar-refractivity contribution < 1.29 is 4.74 Å². The van der Waals surface area contributed by atoms with E-state index in [4.69, 9.17) is 4.74 Å². The standard InChI is InChI=1S/C26H39N5O/c1-27-26(28-19-22-7-9-24(10-8-22)21-31-16-4-5-17-31)29-20-23-11-13-25(14-12-23)32-18-6-15-30(2)3/h7-14H,4-6,15-21H2,1-3H3,(H2,27,28,29). The summed E-state index contributed by atoms with van der Waals surface area (Å²) in [6, 6.07) is 17.2. The average molecular weight is 438 g/mol.